The maximum absolute atomic E-state index is 13.3. The van der Waals surface area contributed by atoms with Crippen molar-refractivity contribution in [2.45, 2.75) is 27.3 Å². The van der Waals surface area contributed by atoms with Crippen LogP contribution in [0.1, 0.15) is 22.3 Å². The van der Waals surface area contributed by atoms with E-state index in [1.165, 1.54) is 15.7 Å². The lowest BCUT2D eigenvalue weighted by Gasteiger charge is -2.27. The van der Waals surface area contributed by atoms with Crippen LogP contribution in [0.5, 0.6) is 0 Å². The van der Waals surface area contributed by atoms with Gasteiger partial charge in [-0.15, -0.1) is 4.99 Å². The van der Waals surface area contributed by atoms with E-state index in [1.54, 1.807) is 12.2 Å². The van der Waals surface area contributed by atoms with E-state index in [0.717, 1.165) is 22.3 Å². The van der Waals surface area contributed by atoms with Gasteiger partial charge in [-0.3, -0.25) is 9.59 Å². The van der Waals surface area contributed by atoms with Crippen LogP contribution in [-0.4, -0.2) is 45.9 Å². The van der Waals surface area contributed by atoms with Crippen LogP contribution in [0.15, 0.2) is 59.6 Å². The molecule has 1 N–H and O–H groups in total. The Bertz CT molecular complexity index is 1190. The van der Waals surface area contributed by atoms with Crippen molar-refractivity contribution in [3.63, 3.8) is 0 Å². The zero-order chi connectivity index (χ0) is 22.8. The minimum atomic E-state index is -0.697. The SMILES string of the molecule is Cc1ccc(CN2C(=O)C3C=CC=NC3=[N+](CC(=O)Nc3ccc(C)cc3C)C2=O)cc1. The number of hydrogen-bond donors (Lipinski definition) is 1. The Balaban J connectivity index is 1.61. The summed E-state index contributed by atoms with van der Waals surface area (Å²) < 4.78 is 1.29. The molecular weight excluding hydrogens is 404 g/mol. The number of urea groups is 1. The Morgan fingerprint density at radius 2 is 1.78 bits per heavy atom. The van der Waals surface area contributed by atoms with Crippen molar-refractivity contribution in [2.24, 2.45) is 10.9 Å². The standard InChI is InChI=1S/C25H24N4O3/c1-16-6-9-19(10-7-16)14-29-24(31)20-5-4-12-26-23(20)28(25(29)32)15-22(30)27-21-11-8-17(2)13-18(21)3/h4-13,20H,14-15H2,1-3H3/p+1. The number of rotatable bonds is 5. The number of hydrogen-bond acceptors (Lipinski definition) is 4. The smallest absolute Gasteiger partial charge is 0.323 e. The summed E-state index contributed by atoms with van der Waals surface area (Å²) in [5.74, 6) is -1.12. The first-order chi connectivity index (χ1) is 15.3. The second-order valence-electron chi connectivity index (χ2n) is 8.14. The van der Waals surface area contributed by atoms with Gasteiger partial charge in [-0.2, -0.15) is 9.48 Å². The fourth-order valence-corrected chi connectivity index (χ4v) is 3.84. The van der Waals surface area contributed by atoms with Crippen LogP contribution in [0, 0.1) is 26.7 Å². The van der Waals surface area contributed by atoms with Crippen LogP contribution in [0.25, 0.3) is 0 Å². The first-order valence-corrected chi connectivity index (χ1v) is 10.5. The van der Waals surface area contributed by atoms with E-state index in [0.29, 0.717) is 5.69 Å². The zero-order valence-electron chi connectivity index (χ0n) is 18.3. The van der Waals surface area contributed by atoms with Gasteiger partial charge in [-0.25, -0.2) is 4.79 Å². The number of nitrogens with zero attached hydrogens (tertiary/aromatic N) is 3. The third-order valence-electron chi connectivity index (χ3n) is 5.56. The number of anilines is 1. The second-order valence-corrected chi connectivity index (χ2v) is 8.14. The van der Waals surface area contributed by atoms with Gasteiger partial charge in [-0.05, 0) is 44.0 Å². The highest BCUT2D eigenvalue weighted by molar-refractivity contribution is 6.15. The molecule has 0 aromatic heterocycles. The van der Waals surface area contributed by atoms with Gasteiger partial charge in [0.25, 0.3) is 11.7 Å². The van der Waals surface area contributed by atoms with Crippen molar-refractivity contribution >= 4 is 35.6 Å². The minimum absolute atomic E-state index is 0.133. The van der Waals surface area contributed by atoms with Crippen LogP contribution in [-0.2, 0) is 16.1 Å². The Morgan fingerprint density at radius 1 is 1.06 bits per heavy atom. The van der Waals surface area contributed by atoms with E-state index in [-0.39, 0.29) is 30.7 Å². The summed E-state index contributed by atoms with van der Waals surface area (Å²) in [7, 11) is 0. The van der Waals surface area contributed by atoms with Gasteiger partial charge in [0.1, 0.15) is 12.8 Å². The number of aryl methyl sites for hydroxylation is 3. The molecular formula is C25H25N4O3+. The molecule has 2 aliphatic rings. The maximum Gasteiger partial charge on any atom is 0.446 e. The van der Waals surface area contributed by atoms with Gasteiger partial charge in [0.05, 0.1) is 0 Å². The van der Waals surface area contributed by atoms with E-state index in [4.69, 9.17) is 0 Å². The number of allylic oxidation sites excluding steroid dienone is 1. The van der Waals surface area contributed by atoms with Crippen molar-refractivity contribution in [3.8, 4) is 0 Å². The van der Waals surface area contributed by atoms with E-state index in [2.05, 4.69) is 10.3 Å². The normalized spacial score (nSPS) is 17.6. The molecule has 0 bridgehead atoms. The van der Waals surface area contributed by atoms with Crippen molar-refractivity contribution in [2.75, 3.05) is 11.9 Å². The summed E-state index contributed by atoms with van der Waals surface area (Å²) in [5, 5.41) is 2.86. The molecule has 0 spiro atoms. The van der Waals surface area contributed by atoms with Crippen molar-refractivity contribution in [1.29, 1.82) is 0 Å². The van der Waals surface area contributed by atoms with Crippen molar-refractivity contribution < 1.29 is 19.0 Å². The second kappa shape index (κ2) is 8.70. The van der Waals surface area contributed by atoms with Gasteiger partial charge in [0, 0.05) is 5.69 Å². The molecule has 7 heteroatoms. The molecule has 0 aliphatic carbocycles. The fraction of sp³-hybridized carbons (Fsp3) is 0.240. The minimum Gasteiger partial charge on any atom is -0.323 e. The van der Waals surface area contributed by atoms with Crippen LogP contribution in [0.3, 0.4) is 0 Å². The zero-order valence-corrected chi connectivity index (χ0v) is 18.3. The molecule has 0 saturated carbocycles. The molecule has 162 valence electrons. The molecule has 4 rings (SSSR count). The Kier molecular flexibility index (Phi) is 5.81. The molecule has 0 saturated heterocycles. The fourth-order valence-electron chi connectivity index (χ4n) is 3.84. The monoisotopic (exact) mass is 429 g/mol. The quantitative estimate of drug-likeness (QED) is 0.740. The van der Waals surface area contributed by atoms with Crippen LogP contribution >= 0.6 is 0 Å². The highest BCUT2D eigenvalue weighted by Crippen LogP contribution is 2.22. The Morgan fingerprint density at radius 3 is 2.50 bits per heavy atom. The lowest BCUT2D eigenvalue weighted by atomic mass is 10.0. The Labute approximate surface area is 186 Å². The highest BCUT2D eigenvalue weighted by atomic mass is 16.2. The number of amidine groups is 1. The number of benzene rings is 2. The molecule has 7 nitrogen and oxygen atoms in total. The lowest BCUT2D eigenvalue weighted by Crippen LogP contribution is -2.55. The highest BCUT2D eigenvalue weighted by Gasteiger charge is 2.47. The molecule has 2 heterocycles. The number of carbonyl (C=O) groups is 3. The summed E-state index contributed by atoms with van der Waals surface area (Å²) >= 11 is 0. The predicted octanol–water partition coefficient (Wildman–Crippen LogP) is 3.38. The van der Waals surface area contributed by atoms with Crippen molar-refractivity contribution in [1.82, 2.24) is 4.90 Å². The van der Waals surface area contributed by atoms with Crippen LogP contribution < -0.4 is 5.32 Å². The number of aliphatic imine (C=N–C) groups is 1. The number of nitrogens with one attached hydrogen (secondary N) is 1. The topological polar surface area (TPSA) is 81.8 Å². The van der Waals surface area contributed by atoms with Gasteiger partial charge >= 0.3 is 11.9 Å². The maximum atomic E-state index is 13.3. The molecule has 4 amide bonds. The summed E-state index contributed by atoms with van der Waals surface area (Å²) in [5.41, 5.74) is 4.65. The number of imide groups is 1. The van der Waals surface area contributed by atoms with Gasteiger partial charge in [0.15, 0.2) is 12.5 Å². The number of dihydropyridines is 1. The average molecular weight is 430 g/mol. The largest absolute Gasteiger partial charge is 0.446 e. The molecule has 0 radical (unpaired) electrons. The van der Waals surface area contributed by atoms with Gasteiger partial charge in [-0.1, -0.05) is 53.6 Å². The lowest BCUT2D eigenvalue weighted by molar-refractivity contribution is -0.429. The summed E-state index contributed by atoms with van der Waals surface area (Å²) in [6.45, 7) is 5.77. The van der Waals surface area contributed by atoms with E-state index in [1.807, 2.05) is 63.2 Å². The van der Waals surface area contributed by atoms with Gasteiger partial charge in [0.2, 0.25) is 0 Å². The van der Waals surface area contributed by atoms with Gasteiger partial charge < -0.3 is 5.32 Å². The molecule has 1 unspecified atom stereocenters. The molecule has 0 fully saturated rings. The van der Waals surface area contributed by atoms with Crippen LogP contribution in [0.4, 0.5) is 10.5 Å². The van der Waals surface area contributed by atoms with E-state index >= 15 is 0 Å². The Hall–Kier alpha value is -3.87. The molecule has 2 aromatic carbocycles. The summed E-state index contributed by atoms with van der Waals surface area (Å²) in [6, 6.07) is 12.8. The van der Waals surface area contributed by atoms with Crippen LogP contribution in [0.2, 0.25) is 0 Å². The number of carbonyl (C=O) groups excluding carboxylic acids is 3. The van der Waals surface area contributed by atoms with E-state index in [9.17, 15) is 14.4 Å². The summed E-state index contributed by atoms with van der Waals surface area (Å²) in [4.78, 5) is 44.6. The summed E-state index contributed by atoms with van der Waals surface area (Å²) in [6.07, 6.45) is 4.91. The van der Waals surface area contributed by atoms with Crippen molar-refractivity contribution in [3.05, 3.63) is 76.9 Å². The number of amides is 4. The number of fused-ring (bicyclic) bond motifs is 1. The third-order valence-corrected chi connectivity index (χ3v) is 5.56. The molecule has 2 aliphatic heterocycles. The predicted molar refractivity (Wildman–Crippen MR) is 123 cm³/mol. The average Bonchev–Trinajstić information content (AvgIpc) is 2.77. The van der Waals surface area contributed by atoms with E-state index < -0.39 is 11.9 Å². The molecule has 32 heavy (non-hydrogen) atoms. The first-order valence-electron chi connectivity index (χ1n) is 10.5. The third kappa shape index (κ3) is 4.27. The molecule has 1 atom stereocenters. The molecule has 2 aromatic rings. The first kappa shape index (κ1) is 21.4.